The number of anilines is 1. The van der Waals surface area contributed by atoms with Crippen molar-refractivity contribution in [3.63, 3.8) is 0 Å². The van der Waals surface area contributed by atoms with Gasteiger partial charge in [0.05, 0.1) is 18.5 Å². The highest BCUT2D eigenvalue weighted by Crippen LogP contribution is 2.17. The van der Waals surface area contributed by atoms with Gasteiger partial charge in [0, 0.05) is 6.42 Å². The minimum Gasteiger partial charge on any atom is -0.497 e. The standard InChI is InChI=1S/C23H24N2O/c1-17-9-12-21(15-18(17)2)24-25-23(16-19-7-5-4-6-8-19)20-10-13-22(26-3)14-11-20/h4-15,24H,16H2,1-3H3/b25-23-. The van der Waals surface area contributed by atoms with Gasteiger partial charge in [0.2, 0.25) is 0 Å². The van der Waals surface area contributed by atoms with E-state index in [4.69, 9.17) is 9.84 Å². The van der Waals surface area contributed by atoms with Gasteiger partial charge in [-0.1, -0.05) is 36.4 Å². The van der Waals surface area contributed by atoms with Crippen LogP contribution in [0.2, 0.25) is 0 Å². The zero-order valence-electron chi connectivity index (χ0n) is 15.5. The van der Waals surface area contributed by atoms with E-state index < -0.39 is 0 Å². The maximum atomic E-state index is 5.27. The number of nitrogens with zero attached hydrogens (tertiary/aromatic N) is 1. The Labute approximate surface area is 155 Å². The topological polar surface area (TPSA) is 33.6 Å². The summed E-state index contributed by atoms with van der Waals surface area (Å²) < 4.78 is 5.27. The predicted octanol–water partition coefficient (Wildman–Crippen LogP) is 5.37. The van der Waals surface area contributed by atoms with E-state index in [2.05, 4.69) is 61.7 Å². The molecule has 3 aromatic carbocycles. The summed E-state index contributed by atoms with van der Waals surface area (Å²) in [4.78, 5) is 0. The zero-order valence-corrected chi connectivity index (χ0v) is 15.5. The van der Waals surface area contributed by atoms with Gasteiger partial charge in [0.15, 0.2) is 0 Å². The van der Waals surface area contributed by atoms with Gasteiger partial charge in [-0.05, 0) is 72.5 Å². The lowest BCUT2D eigenvalue weighted by Gasteiger charge is -2.10. The van der Waals surface area contributed by atoms with Crippen LogP contribution in [-0.4, -0.2) is 12.8 Å². The second kappa shape index (κ2) is 8.34. The van der Waals surface area contributed by atoms with Crippen LogP contribution in [0.25, 0.3) is 0 Å². The van der Waals surface area contributed by atoms with Crippen molar-refractivity contribution in [2.75, 3.05) is 12.5 Å². The molecule has 0 amide bonds. The molecule has 0 heterocycles. The highest BCUT2D eigenvalue weighted by molar-refractivity contribution is 6.02. The molecule has 0 bridgehead atoms. The molecule has 3 rings (SSSR count). The summed E-state index contributed by atoms with van der Waals surface area (Å²) in [5.74, 6) is 0.843. The molecule has 3 nitrogen and oxygen atoms in total. The minimum absolute atomic E-state index is 0.755. The molecule has 132 valence electrons. The van der Waals surface area contributed by atoms with Crippen molar-refractivity contribution in [2.24, 2.45) is 5.10 Å². The lowest BCUT2D eigenvalue weighted by Crippen LogP contribution is -2.08. The number of methoxy groups -OCH3 is 1. The van der Waals surface area contributed by atoms with Crippen LogP contribution in [0.5, 0.6) is 5.75 Å². The number of rotatable bonds is 6. The molecule has 3 aromatic rings. The van der Waals surface area contributed by atoms with Gasteiger partial charge in [-0.25, -0.2) is 0 Å². The Hall–Kier alpha value is -3.07. The van der Waals surface area contributed by atoms with Crippen LogP contribution < -0.4 is 10.2 Å². The van der Waals surface area contributed by atoms with Crippen molar-refractivity contribution in [1.82, 2.24) is 0 Å². The van der Waals surface area contributed by atoms with Crippen molar-refractivity contribution < 1.29 is 4.74 Å². The Morgan fingerprint density at radius 1 is 0.885 bits per heavy atom. The summed E-state index contributed by atoms with van der Waals surface area (Å²) in [5, 5.41) is 4.71. The summed E-state index contributed by atoms with van der Waals surface area (Å²) >= 11 is 0. The summed E-state index contributed by atoms with van der Waals surface area (Å²) in [5.41, 5.74) is 10.0. The molecule has 3 heteroatoms. The van der Waals surface area contributed by atoms with Gasteiger partial charge in [-0.2, -0.15) is 5.10 Å². The first-order valence-electron chi connectivity index (χ1n) is 8.74. The van der Waals surface area contributed by atoms with Crippen molar-refractivity contribution >= 4 is 11.4 Å². The Kier molecular flexibility index (Phi) is 5.69. The largest absolute Gasteiger partial charge is 0.497 e. The molecular formula is C23H24N2O. The summed E-state index contributed by atoms with van der Waals surface area (Å²) in [6, 6.07) is 24.7. The van der Waals surface area contributed by atoms with Gasteiger partial charge < -0.3 is 4.74 Å². The van der Waals surface area contributed by atoms with Crippen molar-refractivity contribution in [3.05, 3.63) is 95.1 Å². The Morgan fingerprint density at radius 3 is 2.27 bits per heavy atom. The maximum Gasteiger partial charge on any atom is 0.118 e. The maximum absolute atomic E-state index is 5.27. The van der Waals surface area contributed by atoms with Gasteiger partial charge >= 0.3 is 0 Å². The fourth-order valence-electron chi connectivity index (χ4n) is 2.72. The van der Waals surface area contributed by atoms with Crippen LogP contribution in [0, 0.1) is 13.8 Å². The van der Waals surface area contributed by atoms with E-state index in [1.54, 1.807) is 7.11 Å². The number of hydrogen-bond acceptors (Lipinski definition) is 3. The molecule has 0 saturated carbocycles. The number of hydrazone groups is 1. The van der Waals surface area contributed by atoms with Crippen molar-refractivity contribution in [1.29, 1.82) is 0 Å². The summed E-state index contributed by atoms with van der Waals surface area (Å²) in [6.45, 7) is 4.22. The fourth-order valence-corrected chi connectivity index (χ4v) is 2.72. The zero-order chi connectivity index (χ0) is 18.4. The molecule has 0 aromatic heterocycles. The number of benzene rings is 3. The molecule has 0 fully saturated rings. The van der Waals surface area contributed by atoms with Crippen molar-refractivity contribution in [2.45, 2.75) is 20.3 Å². The predicted molar refractivity (Wildman–Crippen MR) is 109 cm³/mol. The van der Waals surface area contributed by atoms with Crippen LogP contribution in [0.15, 0.2) is 77.9 Å². The molecule has 1 N–H and O–H groups in total. The first-order chi connectivity index (χ1) is 12.7. The smallest absolute Gasteiger partial charge is 0.118 e. The summed E-state index contributed by atoms with van der Waals surface area (Å²) in [7, 11) is 1.68. The molecule has 26 heavy (non-hydrogen) atoms. The lowest BCUT2D eigenvalue weighted by atomic mass is 10.0. The number of nitrogens with one attached hydrogen (secondary N) is 1. The van der Waals surface area contributed by atoms with Gasteiger partial charge in [-0.3, -0.25) is 5.43 Å². The second-order valence-electron chi connectivity index (χ2n) is 6.36. The third-order valence-corrected chi connectivity index (χ3v) is 4.46. The van der Waals surface area contributed by atoms with Crippen LogP contribution in [0.1, 0.15) is 22.3 Å². The highest BCUT2D eigenvalue weighted by Gasteiger charge is 2.07. The van der Waals surface area contributed by atoms with Crippen LogP contribution in [-0.2, 0) is 6.42 Å². The molecule has 0 saturated heterocycles. The quantitative estimate of drug-likeness (QED) is 0.482. The number of aryl methyl sites for hydroxylation is 2. The second-order valence-corrected chi connectivity index (χ2v) is 6.36. The Morgan fingerprint density at radius 2 is 1.62 bits per heavy atom. The Bertz CT molecular complexity index is 884. The molecule has 0 unspecified atom stereocenters. The van der Waals surface area contributed by atoms with E-state index in [0.717, 1.165) is 29.1 Å². The summed E-state index contributed by atoms with van der Waals surface area (Å²) in [6.07, 6.45) is 0.755. The first-order valence-corrected chi connectivity index (χ1v) is 8.74. The van der Waals surface area contributed by atoms with Gasteiger partial charge in [0.1, 0.15) is 5.75 Å². The fraction of sp³-hybridized carbons (Fsp3) is 0.174. The van der Waals surface area contributed by atoms with E-state index >= 15 is 0 Å². The van der Waals surface area contributed by atoms with E-state index in [9.17, 15) is 0 Å². The third-order valence-electron chi connectivity index (χ3n) is 4.46. The van der Waals surface area contributed by atoms with Crippen molar-refractivity contribution in [3.8, 4) is 5.75 Å². The lowest BCUT2D eigenvalue weighted by molar-refractivity contribution is 0.415. The molecule has 0 aliphatic rings. The van der Waals surface area contributed by atoms with Gasteiger partial charge in [0.25, 0.3) is 0 Å². The van der Waals surface area contributed by atoms with E-state index in [0.29, 0.717) is 0 Å². The minimum atomic E-state index is 0.755. The van der Waals surface area contributed by atoms with Crippen LogP contribution in [0.3, 0.4) is 0 Å². The normalized spacial score (nSPS) is 11.3. The van der Waals surface area contributed by atoms with Gasteiger partial charge in [-0.15, -0.1) is 0 Å². The third kappa shape index (κ3) is 4.51. The molecular weight excluding hydrogens is 320 g/mol. The van der Waals surface area contributed by atoms with E-state index in [1.807, 2.05) is 30.3 Å². The monoisotopic (exact) mass is 344 g/mol. The highest BCUT2D eigenvalue weighted by atomic mass is 16.5. The Balaban J connectivity index is 1.89. The molecule has 0 atom stereocenters. The molecule has 0 aliphatic heterocycles. The molecule has 0 radical (unpaired) electrons. The molecule has 0 aliphatic carbocycles. The average Bonchev–Trinajstić information content (AvgIpc) is 2.68. The SMILES string of the molecule is COc1ccc(/C(Cc2ccccc2)=N\Nc2ccc(C)c(C)c2)cc1. The average molecular weight is 344 g/mol. The number of hydrogen-bond donors (Lipinski definition) is 1. The van der Waals surface area contributed by atoms with Crippen LogP contribution >= 0.6 is 0 Å². The molecule has 0 spiro atoms. The number of ether oxygens (including phenoxy) is 1. The first kappa shape index (κ1) is 17.7. The van der Waals surface area contributed by atoms with Crippen LogP contribution in [0.4, 0.5) is 5.69 Å². The van der Waals surface area contributed by atoms with E-state index in [-0.39, 0.29) is 0 Å². The van der Waals surface area contributed by atoms with E-state index in [1.165, 1.54) is 16.7 Å².